The standard InChI is InChI=1S/C21H38N4O2S/c1-7-11-12-18(8-2)20(27)25(14-13-24(9-3)10-4)15-19(26)23-21-22-16(5)17(6)28-21/h18H,7-15H2,1-6H3,(H,22,23,26)/t18-/m1/s1. The van der Waals surface area contributed by atoms with Crippen molar-refractivity contribution in [3.05, 3.63) is 10.6 Å². The lowest BCUT2D eigenvalue weighted by molar-refractivity contribution is -0.139. The zero-order valence-electron chi connectivity index (χ0n) is 18.5. The van der Waals surface area contributed by atoms with Gasteiger partial charge in [-0.2, -0.15) is 0 Å². The lowest BCUT2D eigenvalue weighted by Crippen LogP contribution is -2.45. The Bertz CT molecular complexity index is 594. The average Bonchev–Trinajstić information content (AvgIpc) is 2.98. The normalized spacial score (nSPS) is 12.2. The van der Waals surface area contributed by atoms with Crippen LogP contribution < -0.4 is 5.32 Å². The van der Waals surface area contributed by atoms with Gasteiger partial charge in [-0.25, -0.2) is 4.98 Å². The predicted molar refractivity (Wildman–Crippen MR) is 118 cm³/mol. The van der Waals surface area contributed by atoms with Crippen molar-refractivity contribution in [2.24, 2.45) is 5.92 Å². The van der Waals surface area contributed by atoms with E-state index in [0.717, 1.165) is 55.9 Å². The molecule has 7 heteroatoms. The Morgan fingerprint density at radius 2 is 1.79 bits per heavy atom. The van der Waals surface area contributed by atoms with Crippen molar-refractivity contribution in [3.8, 4) is 0 Å². The van der Waals surface area contributed by atoms with Gasteiger partial charge in [0.25, 0.3) is 0 Å². The van der Waals surface area contributed by atoms with Gasteiger partial charge in [-0.1, -0.05) is 40.5 Å². The van der Waals surface area contributed by atoms with E-state index in [9.17, 15) is 9.59 Å². The molecule has 0 saturated heterocycles. The quantitative estimate of drug-likeness (QED) is 0.532. The molecule has 2 amide bonds. The Morgan fingerprint density at radius 1 is 1.11 bits per heavy atom. The van der Waals surface area contributed by atoms with E-state index >= 15 is 0 Å². The maximum Gasteiger partial charge on any atom is 0.245 e. The number of thiazole rings is 1. The van der Waals surface area contributed by atoms with E-state index in [0.29, 0.717) is 11.7 Å². The van der Waals surface area contributed by atoms with Crippen LogP contribution in [-0.2, 0) is 9.59 Å². The monoisotopic (exact) mass is 410 g/mol. The van der Waals surface area contributed by atoms with Crippen molar-refractivity contribution in [2.45, 2.75) is 67.2 Å². The topological polar surface area (TPSA) is 65.5 Å². The first-order valence-electron chi connectivity index (χ1n) is 10.6. The largest absolute Gasteiger partial charge is 0.332 e. The molecule has 1 N–H and O–H groups in total. The molecule has 0 aliphatic carbocycles. The molecule has 6 nitrogen and oxygen atoms in total. The molecule has 1 atom stereocenters. The second-order valence-electron chi connectivity index (χ2n) is 7.24. The third-order valence-corrected chi connectivity index (χ3v) is 6.24. The molecule has 0 aliphatic heterocycles. The number of amides is 2. The maximum absolute atomic E-state index is 13.1. The zero-order chi connectivity index (χ0) is 21.1. The van der Waals surface area contributed by atoms with E-state index < -0.39 is 0 Å². The Morgan fingerprint density at radius 3 is 2.29 bits per heavy atom. The van der Waals surface area contributed by atoms with Crippen LogP contribution in [0.2, 0.25) is 0 Å². The van der Waals surface area contributed by atoms with Crippen LogP contribution in [0.1, 0.15) is 63.9 Å². The lowest BCUT2D eigenvalue weighted by atomic mass is 9.97. The number of unbranched alkanes of at least 4 members (excludes halogenated alkanes) is 1. The highest BCUT2D eigenvalue weighted by molar-refractivity contribution is 7.15. The molecular weight excluding hydrogens is 372 g/mol. The number of aromatic nitrogens is 1. The summed E-state index contributed by atoms with van der Waals surface area (Å²) in [6.07, 6.45) is 3.82. The van der Waals surface area contributed by atoms with Crippen LogP contribution in [0.25, 0.3) is 0 Å². The third-order valence-electron chi connectivity index (χ3n) is 5.25. The Balaban J connectivity index is 2.82. The van der Waals surface area contributed by atoms with Crippen LogP contribution in [0, 0.1) is 19.8 Å². The summed E-state index contributed by atoms with van der Waals surface area (Å²) in [6.45, 7) is 15.7. The van der Waals surface area contributed by atoms with Crippen LogP contribution >= 0.6 is 11.3 Å². The van der Waals surface area contributed by atoms with Gasteiger partial charge in [0.15, 0.2) is 5.13 Å². The maximum atomic E-state index is 13.1. The Kier molecular flexibility index (Phi) is 11.3. The molecule has 0 aromatic carbocycles. The number of rotatable bonds is 13. The van der Waals surface area contributed by atoms with Crippen LogP contribution in [-0.4, -0.2) is 59.3 Å². The minimum atomic E-state index is -0.174. The van der Waals surface area contributed by atoms with Gasteiger partial charge in [0.2, 0.25) is 11.8 Å². The first-order valence-corrected chi connectivity index (χ1v) is 11.4. The first-order chi connectivity index (χ1) is 13.4. The van der Waals surface area contributed by atoms with Gasteiger partial charge < -0.3 is 15.1 Å². The van der Waals surface area contributed by atoms with Crippen LogP contribution in [0.5, 0.6) is 0 Å². The number of anilines is 1. The van der Waals surface area contributed by atoms with Crippen LogP contribution in [0.3, 0.4) is 0 Å². The molecule has 0 aliphatic rings. The van der Waals surface area contributed by atoms with E-state index in [1.807, 2.05) is 13.8 Å². The molecule has 1 aromatic rings. The van der Waals surface area contributed by atoms with E-state index in [1.165, 1.54) is 11.3 Å². The smallest absolute Gasteiger partial charge is 0.245 e. The van der Waals surface area contributed by atoms with Crippen molar-refractivity contribution >= 4 is 28.3 Å². The molecule has 0 unspecified atom stereocenters. The summed E-state index contributed by atoms with van der Waals surface area (Å²) in [5, 5.41) is 3.47. The molecule has 0 bridgehead atoms. The number of carbonyl (C=O) groups excluding carboxylic acids is 2. The van der Waals surface area contributed by atoms with Crippen molar-refractivity contribution in [1.82, 2.24) is 14.8 Å². The van der Waals surface area contributed by atoms with Crippen LogP contribution in [0.15, 0.2) is 0 Å². The molecular formula is C21H38N4O2S. The summed E-state index contributed by atoms with van der Waals surface area (Å²) >= 11 is 1.47. The number of aryl methyl sites for hydroxylation is 2. The SMILES string of the molecule is CCCC[C@@H](CC)C(=O)N(CCN(CC)CC)CC(=O)Nc1nc(C)c(C)s1. The number of nitrogens with zero attached hydrogens (tertiary/aromatic N) is 3. The number of likely N-dealkylation sites (N-methyl/N-ethyl adjacent to an activating group) is 1. The Hall–Kier alpha value is -1.47. The van der Waals surface area contributed by atoms with E-state index in [-0.39, 0.29) is 24.3 Å². The minimum absolute atomic E-state index is 0.00574. The summed E-state index contributed by atoms with van der Waals surface area (Å²) in [5.74, 6) is -0.0782. The molecule has 0 radical (unpaired) electrons. The molecule has 1 rings (SSSR count). The number of hydrogen-bond acceptors (Lipinski definition) is 5. The van der Waals surface area contributed by atoms with Gasteiger partial charge >= 0.3 is 0 Å². The van der Waals surface area contributed by atoms with Crippen molar-refractivity contribution in [3.63, 3.8) is 0 Å². The third kappa shape index (κ3) is 7.87. The predicted octanol–water partition coefficient (Wildman–Crippen LogP) is 4.09. The highest BCUT2D eigenvalue weighted by Gasteiger charge is 2.25. The fraction of sp³-hybridized carbons (Fsp3) is 0.762. The molecule has 28 heavy (non-hydrogen) atoms. The van der Waals surface area contributed by atoms with E-state index in [4.69, 9.17) is 0 Å². The molecule has 0 spiro atoms. The molecule has 160 valence electrons. The second-order valence-corrected chi connectivity index (χ2v) is 8.45. The van der Waals surface area contributed by atoms with Gasteiger partial charge in [-0.05, 0) is 39.8 Å². The highest BCUT2D eigenvalue weighted by Crippen LogP contribution is 2.21. The Labute approximate surface area is 174 Å². The summed E-state index contributed by atoms with van der Waals surface area (Å²) in [7, 11) is 0. The van der Waals surface area contributed by atoms with Gasteiger partial charge in [0, 0.05) is 23.9 Å². The van der Waals surface area contributed by atoms with Gasteiger partial charge in [-0.15, -0.1) is 11.3 Å². The summed E-state index contributed by atoms with van der Waals surface area (Å²) in [6, 6.07) is 0. The fourth-order valence-electron chi connectivity index (χ4n) is 3.14. The first kappa shape index (κ1) is 24.6. The summed E-state index contributed by atoms with van der Waals surface area (Å²) < 4.78 is 0. The molecule has 0 fully saturated rings. The number of hydrogen-bond donors (Lipinski definition) is 1. The number of nitrogens with one attached hydrogen (secondary N) is 1. The van der Waals surface area contributed by atoms with Crippen molar-refractivity contribution < 1.29 is 9.59 Å². The van der Waals surface area contributed by atoms with Gasteiger partial charge in [-0.3, -0.25) is 9.59 Å². The molecule has 0 saturated carbocycles. The average molecular weight is 411 g/mol. The van der Waals surface area contributed by atoms with Gasteiger partial charge in [0.05, 0.1) is 12.2 Å². The highest BCUT2D eigenvalue weighted by atomic mass is 32.1. The minimum Gasteiger partial charge on any atom is -0.332 e. The molecule has 1 heterocycles. The van der Waals surface area contributed by atoms with E-state index in [2.05, 4.69) is 42.9 Å². The molecule has 1 aromatic heterocycles. The van der Waals surface area contributed by atoms with Gasteiger partial charge in [0.1, 0.15) is 0 Å². The van der Waals surface area contributed by atoms with Crippen LogP contribution in [0.4, 0.5) is 5.13 Å². The van der Waals surface area contributed by atoms with Crippen molar-refractivity contribution in [2.75, 3.05) is 38.0 Å². The fourth-order valence-corrected chi connectivity index (χ4v) is 3.97. The zero-order valence-corrected chi connectivity index (χ0v) is 19.3. The summed E-state index contributed by atoms with van der Waals surface area (Å²) in [4.78, 5) is 35.2. The lowest BCUT2D eigenvalue weighted by Gasteiger charge is -2.29. The van der Waals surface area contributed by atoms with Crippen molar-refractivity contribution in [1.29, 1.82) is 0 Å². The number of carbonyl (C=O) groups is 2. The second kappa shape index (κ2) is 12.9. The van der Waals surface area contributed by atoms with E-state index in [1.54, 1.807) is 4.90 Å². The summed E-state index contributed by atoms with van der Waals surface area (Å²) in [5.41, 5.74) is 0.931.